The lowest BCUT2D eigenvalue weighted by atomic mass is 10.1. The molecule has 1 N–H and O–H groups in total. The fourth-order valence-electron chi connectivity index (χ4n) is 3.05. The molecule has 2 heterocycles. The molecule has 1 saturated heterocycles. The molecule has 6 heteroatoms. The van der Waals surface area contributed by atoms with Crippen LogP contribution in [0.4, 0.5) is 11.6 Å². The number of hydrogen-bond acceptors (Lipinski definition) is 5. The minimum atomic E-state index is -0.115. The van der Waals surface area contributed by atoms with Crippen LogP contribution in [0.5, 0.6) is 5.75 Å². The van der Waals surface area contributed by atoms with E-state index in [9.17, 15) is 4.79 Å². The second kappa shape index (κ2) is 8.46. The van der Waals surface area contributed by atoms with Crippen LogP contribution in [-0.4, -0.2) is 36.1 Å². The molecular weight excluding hydrogens is 316 g/mol. The van der Waals surface area contributed by atoms with Crippen LogP contribution in [0.1, 0.15) is 31.2 Å². The van der Waals surface area contributed by atoms with E-state index in [1.165, 1.54) is 25.7 Å². The van der Waals surface area contributed by atoms with Gasteiger partial charge in [0.15, 0.2) is 0 Å². The molecular formula is C19H24N4O2. The Morgan fingerprint density at radius 2 is 1.80 bits per heavy atom. The number of amides is 1. The van der Waals surface area contributed by atoms with Crippen molar-refractivity contribution in [3.63, 3.8) is 0 Å². The Morgan fingerprint density at radius 1 is 1.12 bits per heavy atom. The van der Waals surface area contributed by atoms with Gasteiger partial charge in [-0.25, -0.2) is 9.97 Å². The van der Waals surface area contributed by atoms with E-state index in [2.05, 4.69) is 20.2 Å². The molecule has 1 fully saturated rings. The van der Waals surface area contributed by atoms with Crippen LogP contribution in [0.25, 0.3) is 0 Å². The van der Waals surface area contributed by atoms with Gasteiger partial charge < -0.3 is 15.0 Å². The van der Waals surface area contributed by atoms with Gasteiger partial charge in [0.05, 0.1) is 31.6 Å². The lowest BCUT2D eigenvalue weighted by molar-refractivity contribution is -0.115. The van der Waals surface area contributed by atoms with Gasteiger partial charge in [0.25, 0.3) is 0 Å². The molecule has 0 atom stereocenters. The number of hydrogen-bond donors (Lipinski definition) is 1. The predicted octanol–water partition coefficient (Wildman–Crippen LogP) is 3.05. The van der Waals surface area contributed by atoms with E-state index in [1.54, 1.807) is 19.5 Å². The van der Waals surface area contributed by atoms with Gasteiger partial charge in [-0.1, -0.05) is 31.0 Å². The van der Waals surface area contributed by atoms with Crippen LogP contribution >= 0.6 is 0 Å². The maximum absolute atomic E-state index is 12.2. The Labute approximate surface area is 148 Å². The summed E-state index contributed by atoms with van der Waals surface area (Å²) in [6.45, 7) is 2.00. The van der Waals surface area contributed by atoms with Crippen LogP contribution in [0.3, 0.4) is 0 Å². The molecule has 0 saturated carbocycles. The summed E-state index contributed by atoms with van der Waals surface area (Å²) >= 11 is 0. The summed E-state index contributed by atoms with van der Waals surface area (Å²) < 4.78 is 5.28. The average Bonchev–Trinajstić information content (AvgIpc) is 2.92. The van der Waals surface area contributed by atoms with Gasteiger partial charge in [-0.15, -0.1) is 0 Å². The smallest absolute Gasteiger partial charge is 0.229 e. The maximum atomic E-state index is 12.2. The van der Waals surface area contributed by atoms with E-state index in [4.69, 9.17) is 4.74 Å². The summed E-state index contributed by atoms with van der Waals surface area (Å²) in [6.07, 6.45) is 8.50. The summed E-state index contributed by atoms with van der Waals surface area (Å²) in [4.78, 5) is 23.3. The zero-order valence-electron chi connectivity index (χ0n) is 14.6. The van der Waals surface area contributed by atoms with Crippen LogP contribution in [0, 0.1) is 0 Å². The second-order valence-corrected chi connectivity index (χ2v) is 6.21. The van der Waals surface area contributed by atoms with Gasteiger partial charge in [0, 0.05) is 18.7 Å². The molecule has 0 spiro atoms. The highest BCUT2D eigenvalue weighted by molar-refractivity contribution is 5.92. The summed E-state index contributed by atoms with van der Waals surface area (Å²) in [6, 6.07) is 7.51. The number of carbonyl (C=O) groups excluding carboxylic acids is 1. The Balaban J connectivity index is 1.60. The molecule has 2 aromatic rings. The molecule has 0 bridgehead atoms. The number of aromatic nitrogens is 2. The van der Waals surface area contributed by atoms with Gasteiger partial charge >= 0.3 is 0 Å². The van der Waals surface area contributed by atoms with Gasteiger partial charge in [-0.05, 0) is 18.9 Å². The number of nitrogens with zero attached hydrogens (tertiary/aromatic N) is 3. The third-order valence-electron chi connectivity index (χ3n) is 4.35. The van der Waals surface area contributed by atoms with E-state index < -0.39 is 0 Å². The Bertz CT molecular complexity index is 695. The van der Waals surface area contributed by atoms with Gasteiger partial charge in [0.2, 0.25) is 11.9 Å². The van der Waals surface area contributed by atoms with E-state index in [0.29, 0.717) is 11.4 Å². The maximum Gasteiger partial charge on any atom is 0.229 e. The molecule has 0 radical (unpaired) electrons. The number of para-hydroxylation sites is 1. The molecule has 6 nitrogen and oxygen atoms in total. The van der Waals surface area contributed by atoms with Crippen molar-refractivity contribution in [2.75, 3.05) is 30.4 Å². The molecule has 0 unspecified atom stereocenters. The summed E-state index contributed by atoms with van der Waals surface area (Å²) in [7, 11) is 1.60. The first-order valence-corrected chi connectivity index (χ1v) is 8.75. The van der Waals surface area contributed by atoms with Crippen LogP contribution in [0.2, 0.25) is 0 Å². The van der Waals surface area contributed by atoms with Gasteiger partial charge in [0.1, 0.15) is 5.75 Å². The number of methoxy groups -OCH3 is 1. The van der Waals surface area contributed by atoms with E-state index in [1.807, 2.05) is 24.3 Å². The first-order chi connectivity index (χ1) is 12.3. The molecule has 25 heavy (non-hydrogen) atoms. The lowest BCUT2D eigenvalue weighted by Crippen LogP contribution is -2.26. The van der Waals surface area contributed by atoms with Crippen molar-refractivity contribution in [2.24, 2.45) is 0 Å². The Morgan fingerprint density at radius 3 is 2.48 bits per heavy atom. The monoisotopic (exact) mass is 340 g/mol. The summed E-state index contributed by atoms with van der Waals surface area (Å²) in [5, 5.41) is 2.85. The third kappa shape index (κ3) is 4.68. The molecule has 3 rings (SSSR count). The molecule has 1 amide bonds. The molecule has 1 aromatic carbocycles. The fraction of sp³-hybridized carbons (Fsp3) is 0.421. The van der Waals surface area contributed by atoms with Crippen LogP contribution in [-0.2, 0) is 11.2 Å². The largest absolute Gasteiger partial charge is 0.496 e. The first kappa shape index (κ1) is 17.2. The van der Waals surface area contributed by atoms with E-state index in [-0.39, 0.29) is 12.3 Å². The zero-order chi connectivity index (χ0) is 17.5. The number of carbonyl (C=O) groups is 1. The van der Waals surface area contributed by atoms with E-state index in [0.717, 1.165) is 24.6 Å². The SMILES string of the molecule is COc1ccccc1CC(=O)Nc1cnc(N2CCCCCC2)nc1. The van der Waals surface area contributed by atoms with Gasteiger partial charge in [-0.3, -0.25) is 4.79 Å². The number of ether oxygens (including phenoxy) is 1. The summed E-state index contributed by atoms with van der Waals surface area (Å²) in [5.74, 6) is 1.34. The van der Waals surface area contributed by atoms with Crippen molar-refractivity contribution in [1.82, 2.24) is 9.97 Å². The third-order valence-corrected chi connectivity index (χ3v) is 4.35. The standard InChI is InChI=1S/C19H24N4O2/c1-25-17-9-5-4-8-15(17)12-18(24)22-16-13-20-19(21-14-16)23-10-6-2-3-7-11-23/h4-5,8-9,13-14H,2-3,6-7,10-12H2,1H3,(H,22,24). The van der Waals surface area contributed by atoms with Crippen molar-refractivity contribution in [1.29, 1.82) is 0 Å². The van der Waals surface area contributed by atoms with Crippen LogP contribution in [0.15, 0.2) is 36.7 Å². The van der Waals surface area contributed by atoms with Crippen molar-refractivity contribution in [3.8, 4) is 5.75 Å². The number of benzene rings is 1. The predicted molar refractivity (Wildman–Crippen MR) is 98.0 cm³/mol. The molecule has 0 aliphatic carbocycles. The van der Waals surface area contributed by atoms with E-state index >= 15 is 0 Å². The highest BCUT2D eigenvalue weighted by atomic mass is 16.5. The zero-order valence-corrected chi connectivity index (χ0v) is 14.6. The molecule has 1 aliphatic heterocycles. The van der Waals surface area contributed by atoms with Gasteiger partial charge in [-0.2, -0.15) is 0 Å². The van der Waals surface area contributed by atoms with Crippen molar-refractivity contribution >= 4 is 17.5 Å². The lowest BCUT2D eigenvalue weighted by Gasteiger charge is -2.19. The fourth-order valence-corrected chi connectivity index (χ4v) is 3.05. The second-order valence-electron chi connectivity index (χ2n) is 6.21. The minimum Gasteiger partial charge on any atom is -0.496 e. The average molecular weight is 340 g/mol. The topological polar surface area (TPSA) is 67.3 Å². The van der Waals surface area contributed by atoms with Crippen LogP contribution < -0.4 is 15.0 Å². The molecule has 1 aliphatic rings. The minimum absolute atomic E-state index is 0.115. The first-order valence-electron chi connectivity index (χ1n) is 8.75. The number of rotatable bonds is 5. The quantitative estimate of drug-likeness (QED) is 0.906. The normalized spacial score (nSPS) is 14.7. The van der Waals surface area contributed by atoms with Crippen molar-refractivity contribution in [2.45, 2.75) is 32.1 Å². The summed E-state index contributed by atoms with van der Waals surface area (Å²) in [5.41, 5.74) is 1.46. The highest BCUT2D eigenvalue weighted by Crippen LogP contribution is 2.19. The number of anilines is 2. The molecule has 1 aromatic heterocycles. The Kier molecular flexibility index (Phi) is 5.82. The number of nitrogens with one attached hydrogen (secondary N) is 1. The van der Waals surface area contributed by atoms with Crippen molar-refractivity contribution < 1.29 is 9.53 Å². The molecule has 132 valence electrons. The highest BCUT2D eigenvalue weighted by Gasteiger charge is 2.13. The Hall–Kier alpha value is -2.63. The van der Waals surface area contributed by atoms with Crippen molar-refractivity contribution in [3.05, 3.63) is 42.2 Å².